The van der Waals surface area contributed by atoms with Gasteiger partial charge in [-0.1, -0.05) is 23.7 Å². The fourth-order valence-corrected chi connectivity index (χ4v) is 2.15. The van der Waals surface area contributed by atoms with E-state index in [9.17, 15) is 5.11 Å². The molecule has 1 aromatic carbocycles. The predicted octanol–water partition coefficient (Wildman–Crippen LogP) is 3.88. The van der Waals surface area contributed by atoms with Gasteiger partial charge in [-0.3, -0.25) is 0 Å². The Kier molecular flexibility index (Phi) is 4.08. The minimum atomic E-state index is -0.504. The Morgan fingerprint density at radius 1 is 1.47 bits per heavy atom. The quantitative estimate of drug-likeness (QED) is 0.828. The van der Waals surface area contributed by atoms with Crippen LogP contribution < -0.4 is 4.74 Å². The van der Waals surface area contributed by atoms with Crippen LogP contribution in [0.3, 0.4) is 0 Å². The van der Waals surface area contributed by atoms with Crippen molar-refractivity contribution in [2.24, 2.45) is 0 Å². The molecule has 1 unspecified atom stereocenters. The van der Waals surface area contributed by atoms with Crippen molar-refractivity contribution in [3.63, 3.8) is 0 Å². The number of hydrogen-bond acceptors (Lipinski definition) is 2. The summed E-state index contributed by atoms with van der Waals surface area (Å²) >= 11 is 6.13. The van der Waals surface area contributed by atoms with Crippen LogP contribution in [0.4, 0.5) is 0 Å². The van der Waals surface area contributed by atoms with Gasteiger partial charge in [-0.2, -0.15) is 0 Å². The second-order valence-corrected chi connectivity index (χ2v) is 4.79. The Morgan fingerprint density at radius 2 is 2.29 bits per heavy atom. The number of allylic oxidation sites excluding steroid dienone is 1. The van der Waals surface area contributed by atoms with E-state index in [-0.39, 0.29) is 6.10 Å². The summed E-state index contributed by atoms with van der Waals surface area (Å²) in [6.45, 7) is 1.72. The van der Waals surface area contributed by atoms with E-state index in [2.05, 4.69) is 12.2 Å². The summed E-state index contributed by atoms with van der Waals surface area (Å²) in [4.78, 5) is 0. The van der Waals surface area contributed by atoms with Gasteiger partial charge in [0.2, 0.25) is 0 Å². The Morgan fingerprint density at radius 3 is 2.88 bits per heavy atom. The fourth-order valence-electron chi connectivity index (χ4n) is 1.91. The zero-order valence-electron chi connectivity index (χ0n) is 9.90. The predicted molar refractivity (Wildman–Crippen MR) is 69.5 cm³/mol. The molecule has 1 aliphatic rings. The lowest BCUT2D eigenvalue weighted by Gasteiger charge is -2.19. The zero-order chi connectivity index (χ0) is 12.3. The van der Waals surface area contributed by atoms with Crippen LogP contribution in [0.15, 0.2) is 30.4 Å². The minimum Gasteiger partial charge on any atom is -0.485 e. The molecule has 2 nitrogen and oxygen atoms in total. The second-order valence-electron chi connectivity index (χ2n) is 4.38. The summed E-state index contributed by atoms with van der Waals surface area (Å²) in [6, 6.07) is 5.43. The maximum absolute atomic E-state index is 9.45. The summed E-state index contributed by atoms with van der Waals surface area (Å²) in [5, 5.41) is 10.0. The molecule has 17 heavy (non-hydrogen) atoms. The lowest BCUT2D eigenvalue weighted by Crippen LogP contribution is -2.15. The molecule has 0 aliphatic heterocycles. The van der Waals surface area contributed by atoms with Gasteiger partial charge < -0.3 is 9.84 Å². The van der Waals surface area contributed by atoms with Crippen molar-refractivity contribution in [3.05, 3.63) is 40.9 Å². The molecule has 0 saturated heterocycles. The second kappa shape index (κ2) is 5.56. The molecule has 2 atom stereocenters. The van der Waals surface area contributed by atoms with E-state index >= 15 is 0 Å². The van der Waals surface area contributed by atoms with Crippen molar-refractivity contribution in [1.82, 2.24) is 0 Å². The van der Waals surface area contributed by atoms with Gasteiger partial charge in [0.05, 0.1) is 11.1 Å². The molecule has 0 fully saturated rings. The highest BCUT2D eigenvalue weighted by molar-refractivity contribution is 6.32. The van der Waals surface area contributed by atoms with Gasteiger partial charge in [0.1, 0.15) is 11.9 Å². The summed E-state index contributed by atoms with van der Waals surface area (Å²) in [7, 11) is 0. The van der Waals surface area contributed by atoms with Crippen molar-refractivity contribution in [2.45, 2.75) is 38.4 Å². The van der Waals surface area contributed by atoms with Gasteiger partial charge in [-0.15, -0.1) is 0 Å². The maximum Gasteiger partial charge on any atom is 0.138 e. The molecule has 0 saturated carbocycles. The molecule has 1 aliphatic carbocycles. The molecule has 1 N–H and O–H groups in total. The molecule has 1 aromatic rings. The van der Waals surface area contributed by atoms with Crippen molar-refractivity contribution in [1.29, 1.82) is 0 Å². The first-order chi connectivity index (χ1) is 8.16. The van der Waals surface area contributed by atoms with Crippen LogP contribution in [-0.4, -0.2) is 11.2 Å². The lowest BCUT2D eigenvalue weighted by atomic mass is 10.1. The van der Waals surface area contributed by atoms with E-state index in [1.54, 1.807) is 13.0 Å². The number of rotatable bonds is 3. The molecule has 0 radical (unpaired) electrons. The van der Waals surface area contributed by atoms with Gasteiger partial charge >= 0.3 is 0 Å². The third-order valence-corrected chi connectivity index (χ3v) is 3.22. The van der Waals surface area contributed by atoms with Gasteiger partial charge in [0.25, 0.3) is 0 Å². The average molecular weight is 253 g/mol. The molecule has 0 amide bonds. The molecule has 0 heterocycles. The summed E-state index contributed by atoms with van der Waals surface area (Å²) in [6.07, 6.45) is 7.17. The largest absolute Gasteiger partial charge is 0.485 e. The third kappa shape index (κ3) is 3.24. The first kappa shape index (κ1) is 12.5. The van der Waals surface area contributed by atoms with Crippen LogP contribution in [0.5, 0.6) is 5.75 Å². The Labute approximate surface area is 107 Å². The molecule has 92 valence electrons. The van der Waals surface area contributed by atoms with Gasteiger partial charge in [0.15, 0.2) is 0 Å². The van der Waals surface area contributed by atoms with Crippen LogP contribution in [0.25, 0.3) is 0 Å². The highest BCUT2D eigenvalue weighted by Crippen LogP contribution is 2.30. The average Bonchev–Trinajstić information content (AvgIpc) is 2.33. The number of benzene rings is 1. The molecular weight excluding hydrogens is 236 g/mol. The summed E-state index contributed by atoms with van der Waals surface area (Å²) in [5.41, 5.74) is 0.807. The molecule has 2 rings (SSSR count). The third-order valence-electron chi connectivity index (χ3n) is 2.93. The van der Waals surface area contributed by atoms with E-state index in [4.69, 9.17) is 16.3 Å². The fraction of sp³-hybridized carbons (Fsp3) is 0.429. The van der Waals surface area contributed by atoms with Crippen LogP contribution >= 0.6 is 11.6 Å². The first-order valence-corrected chi connectivity index (χ1v) is 6.35. The Balaban J connectivity index is 2.10. The number of aliphatic hydroxyl groups is 1. The monoisotopic (exact) mass is 252 g/mol. The van der Waals surface area contributed by atoms with Crippen molar-refractivity contribution in [2.75, 3.05) is 0 Å². The molecule has 0 aromatic heterocycles. The van der Waals surface area contributed by atoms with Gasteiger partial charge in [-0.25, -0.2) is 0 Å². The zero-order valence-corrected chi connectivity index (χ0v) is 10.7. The van der Waals surface area contributed by atoms with E-state index < -0.39 is 6.10 Å². The standard InChI is InChI=1S/C14H17ClO2/c1-10(16)11-7-8-14(13(15)9-11)17-12-5-3-2-4-6-12/h3,5,7-10,12,16H,2,4,6H2,1H3/t10-,12?/m1/s1. The highest BCUT2D eigenvalue weighted by atomic mass is 35.5. The maximum atomic E-state index is 9.45. The molecule has 0 bridgehead atoms. The van der Waals surface area contributed by atoms with Gasteiger partial charge in [-0.05, 0) is 50.0 Å². The van der Waals surface area contributed by atoms with E-state index in [1.165, 1.54) is 0 Å². The van der Waals surface area contributed by atoms with Crippen LogP contribution in [-0.2, 0) is 0 Å². The lowest BCUT2D eigenvalue weighted by molar-refractivity contribution is 0.198. The van der Waals surface area contributed by atoms with Crippen LogP contribution in [0.2, 0.25) is 5.02 Å². The first-order valence-electron chi connectivity index (χ1n) is 5.97. The number of hydrogen-bond donors (Lipinski definition) is 1. The smallest absolute Gasteiger partial charge is 0.138 e. The Bertz CT molecular complexity index is 413. The SMILES string of the molecule is C[C@@H](O)c1ccc(OC2C=CCCC2)c(Cl)c1. The summed E-state index contributed by atoms with van der Waals surface area (Å²) in [5.74, 6) is 0.688. The topological polar surface area (TPSA) is 29.5 Å². The summed E-state index contributed by atoms with van der Waals surface area (Å²) < 4.78 is 5.82. The van der Waals surface area contributed by atoms with Crippen molar-refractivity contribution < 1.29 is 9.84 Å². The normalized spacial score (nSPS) is 21.2. The van der Waals surface area contributed by atoms with E-state index in [0.717, 1.165) is 24.8 Å². The number of ether oxygens (including phenoxy) is 1. The van der Waals surface area contributed by atoms with Crippen molar-refractivity contribution in [3.8, 4) is 5.75 Å². The van der Waals surface area contributed by atoms with Crippen LogP contribution in [0.1, 0.15) is 37.9 Å². The van der Waals surface area contributed by atoms with Gasteiger partial charge in [0, 0.05) is 0 Å². The number of aliphatic hydroxyl groups excluding tert-OH is 1. The van der Waals surface area contributed by atoms with E-state index in [0.29, 0.717) is 10.8 Å². The highest BCUT2D eigenvalue weighted by Gasteiger charge is 2.13. The molecule has 3 heteroatoms. The minimum absolute atomic E-state index is 0.124. The molecular formula is C14H17ClO2. The Hall–Kier alpha value is -0.990. The van der Waals surface area contributed by atoms with Crippen LogP contribution in [0, 0.1) is 0 Å². The number of halogens is 1. The van der Waals surface area contributed by atoms with Crippen molar-refractivity contribution >= 4 is 11.6 Å². The molecule has 0 spiro atoms. The van der Waals surface area contributed by atoms with E-state index in [1.807, 2.05) is 12.1 Å².